The summed E-state index contributed by atoms with van der Waals surface area (Å²) in [4.78, 5) is 23.4. The number of anilines is 1. The first-order valence-electron chi connectivity index (χ1n) is 10.5. The number of amides is 1. The molecule has 10 nitrogen and oxygen atoms in total. The lowest BCUT2D eigenvalue weighted by Crippen LogP contribution is -2.26. The fraction of sp³-hybridized carbons (Fsp3) is 0.318. The molecule has 4 heterocycles. The Morgan fingerprint density at radius 1 is 1.21 bits per heavy atom. The van der Waals surface area contributed by atoms with E-state index < -0.39 is 18.0 Å². The molecule has 0 saturated carbocycles. The number of halogens is 1. The molecule has 3 aromatic rings. The van der Waals surface area contributed by atoms with E-state index in [0.717, 1.165) is 0 Å². The van der Waals surface area contributed by atoms with Crippen LogP contribution in [0.2, 0.25) is 0 Å². The number of hydrogen-bond acceptors (Lipinski definition) is 8. The smallest absolute Gasteiger partial charge is 0.414 e. The van der Waals surface area contributed by atoms with Crippen LogP contribution in [0.25, 0.3) is 11.1 Å². The summed E-state index contributed by atoms with van der Waals surface area (Å²) in [6.07, 6.45) is 4.80. The molecule has 2 aliphatic heterocycles. The summed E-state index contributed by atoms with van der Waals surface area (Å²) in [6.45, 7) is 0.694. The quantitative estimate of drug-likeness (QED) is 0.585. The molecule has 1 fully saturated rings. The zero-order valence-corrected chi connectivity index (χ0v) is 17.5. The highest BCUT2D eigenvalue weighted by Gasteiger charge is 2.33. The van der Waals surface area contributed by atoms with Crippen molar-refractivity contribution in [1.29, 1.82) is 0 Å². The van der Waals surface area contributed by atoms with Crippen molar-refractivity contribution in [3.05, 3.63) is 60.4 Å². The lowest BCUT2D eigenvalue weighted by molar-refractivity contribution is 0.0645. The molecule has 1 N–H and O–H groups in total. The van der Waals surface area contributed by atoms with Gasteiger partial charge in [-0.1, -0.05) is 16.4 Å². The maximum atomic E-state index is 15.0. The second-order valence-corrected chi connectivity index (χ2v) is 7.82. The van der Waals surface area contributed by atoms with Crippen molar-refractivity contribution in [3.63, 3.8) is 0 Å². The fourth-order valence-corrected chi connectivity index (χ4v) is 3.87. The minimum atomic E-state index is -0.530. The Morgan fingerprint density at radius 2 is 2.12 bits per heavy atom. The number of hydrogen-bond donors (Lipinski definition) is 1. The van der Waals surface area contributed by atoms with Crippen molar-refractivity contribution in [2.24, 2.45) is 5.16 Å². The highest BCUT2D eigenvalue weighted by Crippen LogP contribution is 2.29. The predicted molar refractivity (Wildman–Crippen MR) is 115 cm³/mol. The van der Waals surface area contributed by atoms with Gasteiger partial charge in [-0.3, -0.25) is 9.88 Å². The average Bonchev–Trinajstić information content (AvgIpc) is 3.57. The minimum absolute atomic E-state index is 0.0345. The van der Waals surface area contributed by atoms with Gasteiger partial charge in [0, 0.05) is 43.0 Å². The Hall–Kier alpha value is -3.86. The molecule has 33 heavy (non-hydrogen) atoms. The number of oxime groups is 1. The number of rotatable bonds is 7. The second-order valence-electron chi connectivity index (χ2n) is 7.82. The van der Waals surface area contributed by atoms with E-state index in [4.69, 9.17) is 14.7 Å². The maximum Gasteiger partial charge on any atom is 0.414 e. The molecule has 5 rings (SSSR count). The molecule has 11 heteroatoms. The van der Waals surface area contributed by atoms with Gasteiger partial charge in [0.1, 0.15) is 23.7 Å². The summed E-state index contributed by atoms with van der Waals surface area (Å²) < 4.78 is 21.9. The summed E-state index contributed by atoms with van der Waals surface area (Å²) in [5, 5.41) is 20.7. The molecule has 0 spiro atoms. The molecule has 0 aliphatic carbocycles. The molecule has 1 saturated heterocycles. The molecule has 170 valence electrons. The Morgan fingerprint density at radius 3 is 2.85 bits per heavy atom. The van der Waals surface area contributed by atoms with E-state index in [0.29, 0.717) is 47.6 Å². The molecule has 1 unspecified atom stereocenters. The molecule has 1 aromatic carbocycles. The summed E-state index contributed by atoms with van der Waals surface area (Å²) in [5.41, 5.74) is 2.73. The highest BCUT2D eigenvalue weighted by molar-refractivity contribution is 5.99. The molecule has 2 aliphatic rings. The molecule has 0 radical (unpaired) electrons. The normalized spacial score (nSPS) is 20.0. The van der Waals surface area contributed by atoms with Crippen molar-refractivity contribution in [1.82, 2.24) is 20.0 Å². The van der Waals surface area contributed by atoms with Crippen molar-refractivity contribution in [2.45, 2.75) is 31.6 Å². The number of aliphatic hydroxyl groups excluding tert-OH is 1. The SMILES string of the molecule is O=C1O[C@@H](Cn2ccnn2)CN1c1ccc(-c2ccc(C3=NOC(CCO)C3)nc2)c(F)c1. The number of carbonyl (C=O) groups excluding carboxylic acids is 1. The first-order chi connectivity index (χ1) is 16.1. The Bertz CT molecular complexity index is 1170. The number of pyridine rings is 1. The molecule has 0 bridgehead atoms. The van der Waals surface area contributed by atoms with Crippen molar-refractivity contribution in [2.75, 3.05) is 18.1 Å². The Kier molecular flexibility index (Phi) is 5.69. The molecule has 1 amide bonds. The number of aromatic nitrogens is 4. The largest absolute Gasteiger partial charge is 0.442 e. The van der Waals surface area contributed by atoms with Gasteiger partial charge in [0.05, 0.1) is 30.7 Å². The van der Waals surface area contributed by atoms with Gasteiger partial charge in [0.25, 0.3) is 0 Å². The van der Waals surface area contributed by atoms with Gasteiger partial charge in [0.2, 0.25) is 0 Å². The van der Waals surface area contributed by atoms with E-state index in [1.807, 2.05) is 0 Å². The van der Waals surface area contributed by atoms with E-state index in [1.165, 1.54) is 11.0 Å². The first-order valence-corrected chi connectivity index (χ1v) is 10.5. The fourth-order valence-electron chi connectivity index (χ4n) is 3.87. The molecule has 2 aromatic heterocycles. The number of benzene rings is 1. The van der Waals surface area contributed by atoms with E-state index in [9.17, 15) is 9.18 Å². The van der Waals surface area contributed by atoms with Crippen LogP contribution in [0.4, 0.5) is 14.9 Å². The predicted octanol–water partition coefficient (Wildman–Crippen LogP) is 2.38. The molecular formula is C22H21FN6O4. The Balaban J connectivity index is 1.28. The molecular weight excluding hydrogens is 431 g/mol. The van der Waals surface area contributed by atoms with Crippen LogP contribution in [0.1, 0.15) is 18.5 Å². The highest BCUT2D eigenvalue weighted by atomic mass is 19.1. The van der Waals surface area contributed by atoms with E-state index in [1.54, 1.807) is 47.5 Å². The van der Waals surface area contributed by atoms with Crippen LogP contribution in [0.5, 0.6) is 0 Å². The zero-order valence-electron chi connectivity index (χ0n) is 17.5. The number of aliphatic hydroxyl groups is 1. The first kappa shape index (κ1) is 21.0. The Labute approximate surface area is 188 Å². The van der Waals surface area contributed by atoms with E-state index in [2.05, 4.69) is 20.5 Å². The van der Waals surface area contributed by atoms with Gasteiger partial charge in [-0.25, -0.2) is 13.9 Å². The summed E-state index contributed by atoms with van der Waals surface area (Å²) in [7, 11) is 0. The standard InChI is InChI=1S/C22H21FN6O4/c23-19-9-15(29-13-17(32-22(29)31)12-28-7-6-25-27-28)2-3-18(19)14-1-4-20(24-11-14)21-10-16(5-8-30)33-26-21/h1-4,6-7,9,11,16-17,30H,5,8,10,12-13H2/t16?,17-/m0/s1. The third-order valence-corrected chi connectivity index (χ3v) is 5.56. The number of ether oxygens (including phenoxy) is 1. The van der Waals surface area contributed by atoms with Crippen molar-refractivity contribution in [3.8, 4) is 11.1 Å². The van der Waals surface area contributed by atoms with Crippen LogP contribution in [0.3, 0.4) is 0 Å². The van der Waals surface area contributed by atoms with Crippen LogP contribution in [-0.4, -0.2) is 62.2 Å². The molecule has 2 atom stereocenters. The number of nitrogens with zero attached hydrogens (tertiary/aromatic N) is 6. The van der Waals surface area contributed by atoms with Crippen LogP contribution >= 0.6 is 0 Å². The maximum absolute atomic E-state index is 15.0. The number of cyclic esters (lactones) is 1. The van der Waals surface area contributed by atoms with Gasteiger partial charge in [-0.2, -0.15) is 0 Å². The van der Waals surface area contributed by atoms with Crippen LogP contribution in [0, 0.1) is 5.82 Å². The van der Waals surface area contributed by atoms with Gasteiger partial charge in [0.15, 0.2) is 0 Å². The minimum Gasteiger partial charge on any atom is -0.442 e. The monoisotopic (exact) mass is 452 g/mol. The van der Waals surface area contributed by atoms with E-state index >= 15 is 0 Å². The zero-order chi connectivity index (χ0) is 22.8. The van der Waals surface area contributed by atoms with Crippen molar-refractivity contribution < 1.29 is 23.9 Å². The third-order valence-electron chi connectivity index (χ3n) is 5.56. The average molecular weight is 452 g/mol. The summed E-state index contributed by atoms with van der Waals surface area (Å²) in [5.74, 6) is -0.473. The lowest BCUT2D eigenvalue weighted by Gasteiger charge is -2.14. The lowest BCUT2D eigenvalue weighted by atomic mass is 10.0. The topological polar surface area (TPSA) is 115 Å². The van der Waals surface area contributed by atoms with Crippen LogP contribution in [-0.2, 0) is 16.1 Å². The van der Waals surface area contributed by atoms with Gasteiger partial charge in [-0.15, -0.1) is 5.10 Å². The van der Waals surface area contributed by atoms with E-state index in [-0.39, 0.29) is 19.3 Å². The van der Waals surface area contributed by atoms with Gasteiger partial charge < -0.3 is 14.7 Å². The second kappa shape index (κ2) is 8.94. The summed E-state index contributed by atoms with van der Waals surface area (Å²) in [6, 6.07) is 8.14. The van der Waals surface area contributed by atoms with Crippen LogP contribution < -0.4 is 4.90 Å². The van der Waals surface area contributed by atoms with Gasteiger partial charge >= 0.3 is 6.09 Å². The van der Waals surface area contributed by atoms with Crippen molar-refractivity contribution >= 4 is 17.5 Å². The third kappa shape index (κ3) is 4.40. The van der Waals surface area contributed by atoms with Gasteiger partial charge in [-0.05, 0) is 24.3 Å². The summed E-state index contributed by atoms with van der Waals surface area (Å²) >= 11 is 0. The number of carbonyl (C=O) groups is 1. The van der Waals surface area contributed by atoms with Crippen LogP contribution in [0.15, 0.2) is 54.1 Å².